The maximum absolute atomic E-state index is 12.2. The van der Waals surface area contributed by atoms with E-state index in [1.165, 1.54) is 0 Å². The number of amides is 1. The fourth-order valence-corrected chi connectivity index (χ4v) is 3.35. The van der Waals surface area contributed by atoms with Gasteiger partial charge in [-0.25, -0.2) is 15.0 Å². The third-order valence-corrected chi connectivity index (χ3v) is 4.82. The zero-order chi connectivity index (χ0) is 21.1. The molecule has 8 nitrogen and oxygen atoms in total. The zero-order valence-corrected chi connectivity index (χ0v) is 17.1. The van der Waals surface area contributed by atoms with Crippen molar-refractivity contribution in [3.8, 4) is 11.5 Å². The molecule has 1 atom stereocenters. The predicted octanol–water partition coefficient (Wildman–Crippen LogP) is 3.37. The molecular weight excluding hydrogens is 382 g/mol. The van der Waals surface area contributed by atoms with E-state index in [4.69, 9.17) is 9.47 Å². The van der Waals surface area contributed by atoms with Gasteiger partial charge in [0.1, 0.15) is 11.5 Å². The van der Waals surface area contributed by atoms with Crippen LogP contribution in [0.25, 0.3) is 10.9 Å². The van der Waals surface area contributed by atoms with Crippen molar-refractivity contribution in [3.63, 3.8) is 0 Å². The Bertz CT molecular complexity index is 1110. The second-order valence-corrected chi connectivity index (χ2v) is 6.89. The minimum absolute atomic E-state index is 0.118. The van der Waals surface area contributed by atoms with Crippen LogP contribution in [0, 0.1) is 6.92 Å². The number of aliphatic imine (C=N–C) groups is 1. The Morgan fingerprint density at radius 2 is 1.90 bits per heavy atom. The zero-order valence-electron chi connectivity index (χ0n) is 17.1. The number of carbonyl (C=O) groups is 1. The average molecular weight is 405 g/mol. The first kappa shape index (κ1) is 19.6. The highest BCUT2D eigenvalue weighted by molar-refractivity contribution is 6.05. The molecule has 2 aromatic carbocycles. The van der Waals surface area contributed by atoms with Crippen LogP contribution < -0.4 is 20.1 Å². The van der Waals surface area contributed by atoms with E-state index in [1.54, 1.807) is 7.11 Å². The van der Waals surface area contributed by atoms with Gasteiger partial charge >= 0.3 is 0 Å². The summed E-state index contributed by atoms with van der Waals surface area (Å²) in [7, 11) is 1.62. The number of aromatic nitrogens is 2. The second kappa shape index (κ2) is 8.36. The average Bonchev–Trinajstić information content (AvgIpc) is 2.74. The van der Waals surface area contributed by atoms with E-state index >= 15 is 0 Å². The van der Waals surface area contributed by atoms with Crippen LogP contribution >= 0.6 is 0 Å². The van der Waals surface area contributed by atoms with Crippen molar-refractivity contribution in [1.29, 1.82) is 0 Å². The van der Waals surface area contributed by atoms with Crippen molar-refractivity contribution in [1.82, 2.24) is 15.3 Å². The van der Waals surface area contributed by atoms with Crippen molar-refractivity contribution in [2.45, 2.75) is 26.3 Å². The van der Waals surface area contributed by atoms with Gasteiger partial charge in [0.15, 0.2) is 0 Å². The van der Waals surface area contributed by atoms with E-state index in [0.29, 0.717) is 18.5 Å². The lowest BCUT2D eigenvalue weighted by Gasteiger charge is -2.21. The highest BCUT2D eigenvalue weighted by Gasteiger charge is 2.23. The largest absolute Gasteiger partial charge is 0.497 e. The number of nitrogens with zero attached hydrogens (tertiary/aromatic N) is 3. The summed E-state index contributed by atoms with van der Waals surface area (Å²) in [5, 5.41) is 6.72. The van der Waals surface area contributed by atoms with Crippen LogP contribution in [0.15, 0.2) is 47.5 Å². The lowest BCUT2D eigenvalue weighted by molar-refractivity contribution is -0.120. The van der Waals surface area contributed by atoms with E-state index in [0.717, 1.165) is 33.7 Å². The summed E-state index contributed by atoms with van der Waals surface area (Å²) >= 11 is 0. The summed E-state index contributed by atoms with van der Waals surface area (Å²) in [6.45, 7) is 4.45. The summed E-state index contributed by atoms with van der Waals surface area (Å²) in [4.78, 5) is 25.9. The van der Waals surface area contributed by atoms with Gasteiger partial charge in [-0.3, -0.25) is 15.4 Å². The molecule has 154 valence electrons. The molecule has 3 aromatic rings. The maximum Gasteiger partial charge on any atom is 0.230 e. The Morgan fingerprint density at radius 3 is 2.63 bits per heavy atom. The molecule has 0 fully saturated rings. The number of guanidine groups is 1. The van der Waals surface area contributed by atoms with Crippen LogP contribution in [0.4, 0.5) is 5.95 Å². The van der Waals surface area contributed by atoms with Crippen molar-refractivity contribution < 1.29 is 14.3 Å². The molecule has 2 N–H and O–H groups in total. The molecule has 4 rings (SSSR count). The number of hydrogen-bond donors (Lipinski definition) is 2. The summed E-state index contributed by atoms with van der Waals surface area (Å²) in [5.74, 6) is 2.13. The van der Waals surface area contributed by atoms with Gasteiger partial charge < -0.3 is 9.47 Å². The number of aryl methyl sites for hydroxylation is 1. The summed E-state index contributed by atoms with van der Waals surface area (Å²) in [6.07, 6.45) is 0.273. The molecule has 0 saturated heterocycles. The molecule has 0 saturated carbocycles. The van der Waals surface area contributed by atoms with E-state index < -0.39 is 0 Å². The highest BCUT2D eigenvalue weighted by atomic mass is 16.5. The van der Waals surface area contributed by atoms with Crippen molar-refractivity contribution in [3.05, 3.63) is 53.7 Å². The lowest BCUT2D eigenvalue weighted by Crippen LogP contribution is -2.40. The Balaban J connectivity index is 1.60. The van der Waals surface area contributed by atoms with Gasteiger partial charge in [0.25, 0.3) is 0 Å². The number of methoxy groups -OCH3 is 1. The second-order valence-electron chi connectivity index (χ2n) is 6.89. The number of anilines is 1. The molecule has 1 aliphatic heterocycles. The Hall–Kier alpha value is -3.68. The molecule has 0 unspecified atom stereocenters. The normalized spacial score (nSPS) is 16.0. The molecule has 0 radical (unpaired) electrons. The van der Waals surface area contributed by atoms with Crippen LogP contribution in [0.1, 0.15) is 30.6 Å². The number of carbonyl (C=O) groups excluding carboxylic acids is 1. The first-order chi connectivity index (χ1) is 14.6. The van der Waals surface area contributed by atoms with Crippen molar-refractivity contribution in [2.24, 2.45) is 4.99 Å². The van der Waals surface area contributed by atoms with Crippen LogP contribution in [0.2, 0.25) is 0 Å². The van der Waals surface area contributed by atoms with Crippen molar-refractivity contribution in [2.75, 3.05) is 19.0 Å². The summed E-state index contributed by atoms with van der Waals surface area (Å²) < 4.78 is 10.7. The van der Waals surface area contributed by atoms with Gasteiger partial charge in [-0.15, -0.1) is 0 Å². The minimum atomic E-state index is -0.289. The Labute approximate surface area is 174 Å². The number of nitrogens with one attached hydrogen (secondary N) is 2. The topological polar surface area (TPSA) is 97.7 Å². The van der Waals surface area contributed by atoms with Gasteiger partial charge in [-0.2, -0.15) is 0 Å². The molecule has 30 heavy (non-hydrogen) atoms. The fraction of sp³-hybridized carbons (Fsp3) is 0.273. The lowest BCUT2D eigenvalue weighted by atomic mass is 10.0. The molecule has 8 heteroatoms. The van der Waals surface area contributed by atoms with Crippen LogP contribution in [0.3, 0.4) is 0 Å². The van der Waals surface area contributed by atoms with Gasteiger partial charge in [0.05, 0.1) is 37.4 Å². The quantitative estimate of drug-likeness (QED) is 0.675. The monoisotopic (exact) mass is 405 g/mol. The SMILES string of the molecule is CCOc1ccc2nc(NC3=N[C@@H](c4ccc(OC)cc4)CC(=O)N3)nc(C)c2c1. The van der Waals surface area contributed by atoms with E-state index in [1.807, 2.05) is 56.3 Å². The molecule has 1 aromatic heterocycles. The maximum atomic E-state index is 12.2. The summed E-state index contributed by atoms with van der Waals surface area (Å²) in [6, 6.07) is 12.9. The molecule has 2 heterocycles. The van der Waals surface area contributed by atoms with Crippen LogP contribution in [-0.4, -0.2) is 35.6 Å². The molecule has 1 amide bonds. The van der Waals surface area contributed by atoms with Crippen LogP contribution in [-0.2, 0) is 4.79 Å². The number of ether oxygens (including phenoxy) is 2. The van der Waals surface area contributed by atoms with Crippen molar-refractivity contribution >= 4 is 28.7 Å². The minimum Gasteiger partial charge on any atom is -0.497 e. The summed E-state index contributed by atoms with van der Waals surface area (Å²) in [5.41, 5.74) is 2.52. The third-order valence-electron chi connectivity index (χ3n) is 4.82. The molecular formula is C22H23N5O3. The smallest absolute Gasteiger partial charge is 0.230 e. The number of fused-ring (bicyclic) bond motifs is 1. The Morgan fingerprint density at radius 1 is 1.13 bits per heavy atom. The first-order valence-corrected chi connectivity index (χ1v) is 9.75. The number of rotatable bonds is 5. The fourth-order valence-electron chi connectivity index (χ4n) is 3.35. The van der Waals surface area contributed by atoms with E-state index in [2.05, 4.69) is 25.6 Å². The highest BCUT2D eigenvalue weighted by Crippen LogP contribution is 2.26. The third kappa shape index (κ3) is 4.17. The standard InChI is InChI=1S/C22H23N5O3/c1-4-30-16-9-10-18-17(11-16)13(2)23-21(24-18)27-22-25-19(12-20(28)26-22)14-5-7-15(29-3)8-6-14/h5-11,19H,4,12H2,1-3H3,(H2,23,24,25,26,27,28)/t19-/m1/s1. The Kier molecular flexibility index (Phi) is 5.47. The van der Waals surface area contributed by atoms with E-state index in [9.17, 15) is 4.79 Å². The van der Waals surface area contributed by atoms with Crippen LogP contribution in [0.5, 0.6) is 11.5 Å². The number of hydrogen-bond acceptors (Lipinski definition) is 7. The molecule has 0 spiro atoms. The van der Waals surface area contributed by atoms with Gasteiger partial charge in [0.2, 0.25) is 17.8 Å². The van der Waals surface area contributed by atoms with Gasteiger partial charge in [-0.05, 0) is 49.7 Å². The van der Waals surface area contributed by atoms with E-state index in [-0.39, 0.29) is 18.4 Å². The van der Waals surface area contributed by atoms with Gasteiger partial charge in [0, 0.05) is 5.39 Å². The molecule has 0 bridgehead atoms. The van der Waals surface area contributed by atoms with Gasteiger partial charge in [-0.1, -0.05) is 12.1 Å². The molecule has 1 aliphatic rings. The molecule has 0 aliphatic carbocycles. The number of benzene rings is 2. The first-order valence-electron chi connectivity index (χ1n) is 9.75. The predicted molar refractivity (Wildman–Crippen MR) is 115 cm³/mol.